The number of nitrogens with one attached hydrogen (secondary N) is 1. The van der Waals surface area contributed by atoms with Gasteiger partial charge in [-0.3, -0.25) is 9.97 Å². The third kappa shape index (κ3) is 4.67. The van der Waals surface area contributed by atoms with Crippen LogP contribution < -0.4 is 5.32 Å². The van der Waals surface area contributed by atoms with E-state index in [1.165, 1.54) is 0 Å². The van der Waals surface area contributed by atoms with Gasteiger partial charge in [-0.25, -0.2) is 0 Å². The predicted molar refractivity (Wildman–Crippen MR) is 75.9 cm³/mol. The van der Waals surface area contributed by atoms with Crippen molar-refractivity contribution in [2.45, 2.75) is 38.4 Å². The fourth-order valence-electron chi connectivity index (χ4n) is 2.21. The number of alkyl halides is 3. The van der Waals surface area contributed by atoms with Gasteiger partial charge in [0.2, 0.25) is 0 Å². The van der Waals surface area contributed by atoms with Crippen molar-refractivity contribution in [1.29, 1.82) is 0 Å². The number of hydrogen-bond acceptors (Lipinski definition) is 3. The van der Waals surface area contributed by atoms with Crippen molar-refractivity contribution in [3.05, 3.63) is 36.2 Å². The van der Waals surface area contributed by atoms with Gasteiger partial charge in [-0.2, -0.15) is 13.2 Å². The highest BCUT2D eigenvalue weighted by atomic mass is 19.4. The SMILES string of the molecule is CCCNC(CCC(F)(F)F)c1ccc2nccnc2c1. The van der Waals surface area contributed by atoms with E-state index in [4.69, 9.17) is 0 Å². The van der Waals surface area contributed by atoms with Gasteiger partial charge < -0.3 is 5.32 Å². The summed E-state index contributed by atoms with van der Waals surface area (Å²) in [4.78, 5) is 8.37. The largest absolute Gasteiger partial charge is 0.389 e. The molecule has 21 heavy (non-hydrogen) atoms. The molecule has 0 bridgehead atoms. The number of nitrogens with zero attached hydrogens (tertiary/aromatic N) is 2. The standard InChI is InChI=1S/C15H18F3N3/c1-2-7-19-12(5-6-15(16,17)18)11-3-4-13-14(10-11)21-9-8-20-13/h3-4,8-10,12,19H,2,5-7H2,1H3. The van der Waals surface area contributed by atoms with Gasteiger partial charge in [-0.05, 0) is 37.1 Å². The lowest BCUT2D eigenvalue weighted by Gasteiger charge is -2.20. The molecule has 0 radical (unpaired) electrons. The van der Waals surface area contributed by atoms with Gasteiger partial charge in [0.15, 0.2) is 0 Å². The normalized spacial score (nSPS) is 13.5. The highest BCUT2D eigenvalue weighted by Crippen LogP contribution is 2.28. The van der Waals surface area contributed by atoms with Crippen molar-refractivity contribution in [2.24, 2.45) is 0 Å². The summed E-state index contributed by atoms with van der Waals surface area (Å²) in [6.45, 7) is 2.67. The van der Waals surface area contributed by atoms with Gasteiger partial charge in [0, 0.05) is 24.9 Å². The van der Waals surface area contributed by atoms with Crippen LogP contribution in [0.5, 0.6) is 0 Å². The molecule has 2 aromatic rings. The Kier molecular flexibility index (Phi) is 5.12. The molecule has 1 unspecified atom stereocenters. The molecule has 0 saturated carbocycles. The smallest absolute Gasteiger partial charge is 0.310 e. The quantitative estimate of drug-likeness (QED) is 0.875. The Hall–Kier alpha value is -1.69. The first kappa shape index (κ1) is 15.7. The lowest BCUT2D eigenvalue weighted by molar-refractivity contribution is -0.136. The molecular weight excluding hydrogens is 279 g/mol. The lowest BCUT2D eigenvalue weighted by atomic mass is 10.0. The Morgan fingerprint density at radius 3 is 2.52 bits per heavy atom. The van der Waals surface area contributed by atoms with Crippen LogP contribution >= 0.6 is 0 Å². The van der Waals surface area contributed by atoms with Gasteiger partial charge in [-0.15, -0.1) is 0 Å². The molecule has 1 aromatic carbocycles. The Labute approximate surface area is 121 Å². The van der Waals surface area contributed by atoms with Crippen LogP contribution in [-0.4, -0.2) is 22.7 Å². The first-order valence-corrected chi connectivity index (χ1v) is 7.00. The van der Waals surface area contributed by atoms with E-state index in [0.29, 0.717) is 12.1 Å². The molecule has 0 aliphatic carbocycles. The van der Waals surface area contributed by atoms with Crippen LogP contribution in [0.15, 0.2) is 30.6 Å². The molecule has 2 rings (SSSR count). The molecule has 1 atom stereocenters. The molecule has 1 N–H and O–H groups in total. The maximum atomic E-state index is 12.5. The summed E-state index contributed by atoms with van der Waals surface area (Å²) in [5.74, 6) is 0. The van der Waals surface area contributed by atoms with Gasteiger partial charge >= 0.3 is 6.18 Å². The minimum Gasteiger partial charge on any atom is -0.310 e. The summed E-state index contributed by atoms with van der Waals surface area (Å²) in [6, 6.07) is 5.11. The highest BCUT2D eigenvalue weighted by molar-refractivity contribution is 5.74. The average molecular weight is 297 g/mol. The van der Waals surface area contributed by atoms with E-state index >= 15 is 0 Å². The topological polar surface area (TPSA) is 37.8 Å². The van der Waals surface area contributed by atoms with E-state index in [1.807, 2.05) is 19.1 Å². The Morgan fingerprint density at radius 2 is 1.86 bits per heavy atom. The molecule has 0 saturated heterocycles. The van der Waals surface area contributed by atoms with Gasteiger partial charge in [0.05, 0.1) is 11.0 Å². The van der Waals surface area contributed by atoms with E-state index < -0.39 is 12.6 Å². The van der Waals surface area contributed by atoms with E-state index in [9.17, 15) is 13.2 Å². The van der Waals surface area contributed by atoms with Crippen molar-refractivity contribution < 1.29 is 13.2 Å². The Bertz CT molecular complexity index is 584. The summed E-state index contributed by atoms with van der Waals surface area (Å²) >= 11 is 0. The molecule has 1 aromatic heterocycles. The monoisotopic (exact) mass is 297 g/mol. The minimum atomic E-state index is -4.14. The molecule has 3 nitrogen and oxygen atoms in total. The molecule has 0 spiro atoms. The maximum absolute atomic E-state index is 12.5. The molecule has 6 heteroatoms. The second-order valence-corrected chi connectivity index (χ2v) is 4.97. The van der Waals surface area contributed by atoms with E-state index in [1.54, 1.807) is 18.5 Å². The lowest BCUT2D eigenvalue weighted by Crippen LogP contribution is -2.24. The van der Waals surface area contributed by atoms with Crippen molar-refractivity contribution in [3.8, 4) is 0 Å². The fraction of sp³-hybridized carbons (Fsp3) is 0.467. The maximum Gasteiger partial charge on any atom is 0.389 e. The average Bonchev–Trinajstić information content (AvgIpc) is 2.46. The van der Waals surface area contributed by atoms with Gasteiger partial charge in [-0.1, -0.05) is 13.0 Å². The highest BCUT2D eigenvalue weighted by Gasteiger charge is 2.28. The summed E-state index contributed by atoms with van der Waals surface area (Å²) < 4.78 is 37.4. The molecule has 0 amide bonds. The molecule has 1 heterocycles. The first-order valence-electron chi connectivity index (χ1n) is 7.00. The van der Waals surface area contributed by atoms with E-state index in [2.05, 4.69) is 15.3 Å². The zero-order valence-corrected chi connectivity index (χ0v) is 11.8. The van der Waals surface area contributed by atoms with Crippen LogP contribution in [0.4, 0.5) is 13.2 Å². The fourth-order valence-corrected chi connectivity index (χ4v) is 2.21. The van der Waals surface area contributed by atoms with Crippen LogP contribution in [0, 0.1) is 0 Å². The van der Waals surface area contributed by atoms with Crippen molar-refractivity contribution in [2.75, 3.05) is 6.54 Å². The predicted octanol–water partition coefficient (Wildman–Crippen LogP) is 4.01. The number of halogens is 3. The van der Waals surface area contributed by atoms with E-state index in [-0.39, 0.29) is 12.5 Å². The second-order valence-electron chi connectivity index (χ2n) is 4.97. The third-order valence-electron chi connectivity index (χ3n) is 3.25. The molecule has 0 aliphatic rings. The van der Waals surface area contributed by atoms with Crippen LogP contribution in [-0.2, 0) is 0 Å². The molecular formula is C15H18F3N3. The van der Waals surface area contributed by atoms with Crippen LogP contribution in [0.2, 0.25) is 0 Å². The van der Waals surface area contributed by atoms with E-state index in [0.717, 1.165) is 17.5 Å². The first-order chi connectivity index (χ1) is 9.99. The number of fused-ring (bicyclic) bond motifs is 1. The van der Waals surface area contributed by atoms with Crippen LogP contribution in [0.3, 0.4) is 0 Å². The summed E-state index contributed by atoms with van der Waals surface area (Å²) in [5, 5.41) is 3.17. The zero-order chi connectivity index (χ0) is 15.3. The third-order valence-corrected chi connectivity index (χ3v) is 3.25. The minimum absolute atomic E-state index is 0.0231. The number of aromatic nitrogens is 2. The van der Waals surface area contributed by atoms with Crippen molar-refractivity contribution >= 4 is 11.0 Å². The summed E-state index contributed by atoms with van der Waals surface area (Å²) in [6.07, 6.45) is -0.865. The molecule has 0 aliphatic heterocycles. The number of rotatable bonds is 6. The second kappa shape index (κ2) is 6.85. The Balaban J connectivity index is 2.20. The number of hydrogen-bond donors (Lipinski definition) is 1. The van der Waals surface area contributed by atoms with Gasteiger partial charge in [0.25, 0.3) is 0 Å². The number of benzene rings is 1. The molecule has 0 fully saturated rings. The van der Waals surface area contributed by atoms with Crippen molar-refractivity contribution in [1.82, 2.24) is 15.3 Å². The summed E-state index contributed by atoms with van der Waals surface area (Å²) in [7, 11) is 0. The van der Waals surface area contributed by atoms with Crippen LogP contribution in [0.1, 0.15) is 37.8 Å². The zero-order valence-electron chi connectivity index (χ0n) is 11.8. The van der Waals surface area contributed by atoms with Crippen LogP contribution in [0.25, 0.3) is 11.0 Å². The van der Waals surface area contributed by atoms with Crippen molar-refractivity contribution in [3.63, 3.8) is 0 Å². The summed E-state index contributed by atoms with van der Waals surface area (Å²) in [5.41, 5.74) is 2.26. The Morgan fingerprint density at radius 1 is 1.14 bits per heavy atom. The molecule has 114 valence electrons. The van der Waals surface area contributed by atoms with Gasteiger partial charge in [0.1, 0.15) is 0 Å².